The molecule has 1 atom stereocenters. The van der Waals surface area contributed by atoms with Gasteiger partial charge in [-0.3, -0.25) is 9.78 Å². The average molecular weight is 400 g/mol. The molecule has 0 saturated heterocycles. The Morgan fingerprint density at radius 2 is 1.69 bits per heavy atom. The molecule has 2 heterocycles. The molecule has 1 aliphatic rings. The molecule has 1 amide bonds. The van der Waals surface area contributed by atoms with Crippen LogP contribution in [-0.2, 0) is 22.8 Å². The first kappa shape index (κ1) is 19.1. The second-order valence-corrected chi connectivity index (χ2v) is 7.28. The van der Waals surface area contributed by atoms with Crippen LogP contribution in [0, 0.1) is 5.82 Å². The highest BCUT2D eigenvalue weighted by Crippen LogP contribution is 2.42. The van der Waals surface area contributed by atoms with Crippen LogP contribution in [0.5, 0.6) is 0 Å². The van der Waals surface area contributed by atoms with Crippen molar-refractivity contribution in [2.24, 2.45) is 0 Å². The molecule has 0 bridgehead atoms. The van der Waals surface area contributed by atoms with Gasteiger partial charge in [0.05, 0.1) is 5.41 Å². The van der Waals surface area contributed by atoms with Crippen LogP contribution in [0.2, 0.25) is 0 Å². The minimum absolute atomic E-state index is 0.198. The van der Waals surface area contributed by atoms with Gasteiger partial charge in [0, 0.05) is 11.9 Å². The number of carbonyl (C=O) groups excluding carboxylic acids is 1. The minimum Gasteiger partial charge on any atom is -0.325 e. The molecule has 148 valence electrons. The number of nitrogens with one attached hydrogen (secondary N) is 1. The van der Waals surface area contributed by atoms with Gasteiger partial charge in [-0.15, -0.1) is 0 Å². The standard InChI is InChI=1S/C22H16F4N2O/c1-21(11-13-2-9-19(27-12-13)22(24,25)26)17-10-15(5-8-18(17)28-20(21)29)14-3-6-16(23)7-4-14/h2-10,12H,11H2,1H3,(H,28,29). The SMILES string of the molecule is CC1(Cc2ccc(C(F)(F)F)nc2)C(=O)Nc2ccc(-c3ccc(F)cc3)cc21. The molecule has 0 spiro atoms. The summed E-state index contributed by atoms with van der Waals surface area (Å²) in [4.78, 5) is 16.2. The number of hydrogen-bond acceptors (Lipinski definition) is 2. The van der Waals surface area contributed by atoms with Crippen LogP contribution < -0.4 is 5.32 Å². The van der Waals surface area contributed by atoms with E-state index < -0.39 is 17.3 Å². The maximum Gasteiger partial charge on any atom is 0.433 e. The molecule has 7 heteroatoms. The van der Waals surface area contributed by atoms with Crippen molar-refractivity contribution in [3.05, 3.63) is 83.4 Å². The number of amides is 1. The van der Waals surface area contributed by atoms with Gasteiger partial charge >= 0.3 is 6.18 Å². The molecule has 0 saturated carbocycles. The predicted molar refractivity (Wildman–Crippen MR) is 101 cm³/mol. The van der Waals surface area contributed by atoms with Gasteiger partial charge in [0.2, 0.25) is 5.91 Å². The highest BCUT2D eigenvalue weighted by Gasteiger charge is 2.43. The lowest BCUT2D eigenvalue weighted by Crippen LogP contribution is -2.33. The molecule has 4 rings (SSSR count). The summed E-state index contributed by atoms with van der Waals surface area (Å²) in [7, 11) is 0. The van der Waals surface area contributed by atoms with Crippen molar-refractivity contribution < 1.29 is 22.4 Å². The first-order valence-electron chi connectivity index (χ1n) is 8.91. The van der Waals surface area contributed by atoms with Crippen LogP contribution in [0.25, 0.3) is 11.1 Å². The first-order chi connectivity index (χ1) is 13.7. The Labute approximate surface area is 164 Å². The van der Waals surface area contributed by atoms with Crippen molar-refractivity contribution in [3.63, 3.8) is 0 Å². The van der Waals surface area contributed by atoms with Crippen molar-refractivity contribution in [3.8, 4) is 11.1 Å². The van der Waals surface area contributed by atoms with Crippen LogP contribution in [0.4, 0.5) is 23.2 Å². The van der Waals surface area contributed by atoms with Crippen LogP contribution in [0.1, 0.15) is 23.7 Å². The van der Waals surface area contributed by atoms with Gasteiger partial charge in [-0.2, -0.15) is 13.2 Å². The van der Waals surface area contributed by atoms with Crippen molar-refractivity contribution in [1.82, 2.24) is 4.98 Å². The third-order valence-corrected chi connectivity index (χ3v) is 5.21. The second kappa shape index (κ2) is 6.69. The Kier molecular flexibility index (Phi) is 4.41. The zero-order chi connectivity index (χ0) is 20.8. The zero-order valence-electron chi connectivity index (χ0n) is 15.3. The quantitative estimate of drug-likeness (QED) is 0.602. The molecule has 1 aromatic heterocycles. The van der Waals surface area contributed by atoms with Gasteiger partial charge in [0.25, 0.3) is 0 Å². The van der Waals surface area contributed by atoms with Crippen molar-refractivity contribution >= 4 is 11.6 Å². The van der Waals surface area contributed by atoms with E-state index >= 15 is 0 Å². The number of halogens is 4. The lowest BCUT2D eigenvalue weighted by Gasteiger charge is -2.23. The van der Waals surface area contributed by atoms with Gasteiger partial charge in [0.1, 0.15) is 11.5 Å². The number of nitrogens with zero attached hydrogens (tertiary/aromatic N) is 1. The number of carbonyl (C=O) groups is 1. The van der Waals surface area contributed by atoms with E-state index in [0.29, 0.717) is 11.3 Å². The van der Waals surface area contributed by atoms with Crippen molar-refractivity contribution in [2.75, 3.05) is 5.32 Å². The largest absolute Gasteiger partial charge is 0.433 e. The van der Waals surface area contributed by atoms with E-state index in [4.69, 9.17) is 0 Å². The Hall–Kier alpha value is -3.22. The first-order valence-corrected chi connectivity index (χ1v) is 8.91. The fourth-order valence-electron chi connectivity index (χ4n) is 3.59. The third kappa shape index (κ3) is 3.48. The summed E-state index contributed by atoms with van der Waals surface area (Å²) in [5, 5.41) is 2.83. The predicted octanol–water partition coefficient (Wildman–Crippen LogP) is 5.36. The molecule has 2 aromatic carbocycles. The Bertz CT molecular complexity index is 1080. The highest BCUT2D eigenvalue weighted by molar-refractivity contribution is 6.06. The molecule has 0 fully saturated rings. The Balaban J connectivity index is 1.69. The van der Waals surface area contributed by atoms with Crippen LogP contribution in [0.15, 0.2) is 60.8 Å². The topological polar surface area (TPSA) is 42.0 Å². The zero-order valence-corrected chi connectivity index (χ0v) is 15.3. The summed E-state index contributed by atoms with van der Waals surface area (Å²) in [6.45, 7) is 1.75. The maximum absolute atomic E-state index is 13.2. The van der Waals surface area contributed by atoms with E-state index in [1.54, 1.807) is 25.1 Å². The van der Waals surface area contributed by atoms with Gasteiger partial charge in [0.15, 0.2) is 0 Å². The molecule has 3 aromatic rings. The van der Waals surface area contributed by atoms with E-state index in [1.165, 1.54) is 18.2 Å². The monoisotopic (exact) mass is 400 g/mol. The number of pyridine rings is 1. The lowest BCUT2D eigenvalue weighted by atomic mass is 9.78. The molecule has 1 aliphatic heterocycles. The van der Waals surface area contributed by atoms with Crippen LogP contribution in [-0.4, -0.2) is 10.9 Å². The minimum atomic E-state index is -4.51. The van der Waals surface area contributed by atoms with Crippen LogP contribution in [0.3, 0.4) is 0 Å². The number of fused-ring (bicyclic) bond motifs is 1. The number of benzene rings is 2. The smallest absolute Gasteiger partial charge is 0.325 e. The molecule has 1 unspecified atom stereocenters. The molecule has 0 aliphatic carbocycles. The molecule has 29 heavy (non-hydrogen) atoms. The summed E-state index contributed by atoms with van der Waals surface area (Å²) in [5.74, 6) is -0.574. The number of aromatic nitrogens is 1. The fraction of sp³-hybridized carbons (Fsp3) is 0.182. The van der Waals surface area contributed by atoms with E-state index in [2.05, 4.69) is 10.3 Å². The van der Waals surface area contributed by atoms with E-state index in [1.807, 2.05) is 12.1 Å². The number of alkyl halides is 3. The van der Waals surface area contributed by atoms with Gasteiger partial charge in [-0.1, -0.05) is 24.3 Å². The van der Waals surface area contributed by atoms with Crippen molar-refractivity contribution in [1.29, 1.82) is 0 Å². The van der Waals surface area contributed by atoms with Gasteiger partial charge in [-0.05, 0) is 65.9 Å². The summed E-state index contributed by atoms with van der Waals surface area (Å²) in [6, 6.07) is 13.8. The molecular weight excluding hydrogens is 384 g/mol. The number of rotatable bonds is 3. The molecule has 0 radical (unpaired) electrons. The van der Waals surface area contributed by atoms with Gasteiger partial charge < -0.3 is 5.32 Å². The fourth-order valence-corrected chi connectivity index (χ4v) is 3.59. The molecule has 3 nitrogen and oxygen atoms in total. The second-order valence-electron chi connectivity index (χ2n) is 7.28. The number of hydrogen-bond donors (Lipinski definition) is 1. The third-order valence-electron chi connectivity index (χ3n) is 5.21. The summed E-state index contributed by atoms with van der Waals surface area (Å²) in [6.07, 6.45) is -3.16. The highest BCUT2D eigenvalue weighted by atomic mass is 19.4. The van der Waals surface area contributed by atoms with E-state index in [9.17, 15) is 22.4 Å². The maximum atomic E-state index is 13.2. The van der Waals surface area contributed by atoms with Crippen LogP contribution >= 0.6 is 0 Å². The normalized spacial score (nSPS) is 18.4. The summed E-state index contributed by atoms with van der Waals surface area (Å²) in [5.41, 5.74) is 1.60. The van der Waals surface area contributed by atoms with Crippen molar-refractivity contribution in [2.45, 2.75) is 24.9 Å². The Morgan fingerprint density at radius 1 is 1.00 bits per heavy atom. The number of anilines is 1. The summed E-state index contributed by atoms with van der Waals surface area (Å²) >= 11 is 0. The van der Waals surface area contributed by atoms with E-state index in [0.717, 1.165) is 29.0 Å². The van der Waals surface area contributed by atoms with Gasteiger partial charge in [-0.25, -0.2) is 4.39 Å². The summed E-state index contributed by atoms with van der Waals surface area (Å²) < 4.78 is 51.4. The molecular formula is C22H16F4N2O. The Morgan fingerprint density at radius 3 is 2.31 bits per heavy atom. The van der Waals surface area contributed by atoms with E-state index in [-0.39, 0.29) is 18.1 Å². The molecule has 1 N–H and O–H groups in total. The lowest BCUT2D eigenvalue weighted by molar-refractivity contribution is -0.141. The average Bonchev–Trinajstić information content (AvgIpc) is 2.92.